The van der Waals surface area contributed by atoms with Crippen LogP contribution in [0.3, 0.4) is 0 Å². The van der Waals surface area contributed by atoms with E-state index in [1.165, 1.54) is 0 Å². The highest BCUT2D eigenvalue weighted by atomic mass is 32.2. The first-order valence-corrected chi connectivity index (χ1v) is 11.0. The quantitative estimate of drug-likeness (QED) is 0.696. The lowest BCUT2D eigenvalue weighted by Gasteiger charge is -2.19. The van der Waals surface area contributed by atoms with Crippen LogP contribution in [0.5, 0.6) is 5.75 Å². The van der Waals surface area contributed by atoms with Gasteiger partial charge in [0.1, 0.15) is 5.75 Å². The van der Waals surface area contributed by atoms with E-state index in [1.807, 2.05) is 56.4 Å². The van der Waals surface area contributed by atoms with Crippen molar-refractivity contribution in [3.05, 3.63) is 42.5 Å². The Balaban J connectivity index is 2.39. The van der Waals surface area contributed by atoms with Gasteiger partial charge in [-0.3, -0.25) is 0 Å². The average molecular weight is 395 g/mol. The molecule has 0 saturated heterocycles. The van der Waals surface area contributed by atoms with Gasteiger partial charge in [0, 0.05) is 29.1 Å². The van der Waals surface area contributed by atoms with Crippen LogP contribution in [0.2, 0.25) is 0 Å². The van der Waals surface area contributed by atoms with Crippen LogP contribution in [0.15, 0.2) is 52.3 Å². The van der Waals surface area contributed by atoms with E-state index < -0.39 is 10.0 Å². The molecule has 0 aliphatic heterocycles. The smallest absolute Gasteiger partial charge is 0.240 e. The number of ether oxygens (including phenoxy) is 1. The first-order chi connectivity index (χ1) is 12.3. The zero-order valence-corrected chi connectivity index (χ0v) is 17.4. The topological polar surface area (TPSA) is 58.6 Å². The first-order valence-electron chi connectivity index (χ1n) is 8.27. The van der Waals surface area contributed by atoms with Gasteiger partial charge in [0.05, 0.1) is 12.0 Å². The van der Waals surface area contributed by atoms with Gasteiger partial charge in [-0.1, -0.05) is 18.2 Å². The highest BCUT2D eigenvalue weighted by Gasteiger charge is 2.20. The molecule has 0 radical (unpaired) electrons. The molecule has 2 rings (SSSR count). The number of hydrogen-bond acceptors (Lipinski definition) is 5. The number of nitrogens with zero attached hydrogens (tertiary/aromatic N) is 1. The van der Waals surface area contributed by atoms with E-state index in [2.05, 4.69) is 4.72 Å². The van der Waals surface area contributed by atoms with Crippen molar-refractivity contribution >= 4 is 21.8 Å². The number of nitrogens with one attached hydrogen (secondary N) is 1. The molecule has 0 spiro atoms. The molecule has 0 saturated carbocycles. The van der Waals surface area contributed by atoms with Gasteiger partial charge in [-0.15, -0.1) is 11.8 Å². The summed E-state index contributed by atoms with van der Waals surface area (Å²) in [4.78, 5) is 3.25. The number of thioether (sulfide) groups is 1. The fraction of sp³-hybridized carbons (Fsp3) is 0.368. The van der Waals surface area contributed by atoms with Gasteiger partial charge in [-0.05, 0) is 51.0 Å². The summed E-state index contributed by atoms with van der Waals surface area (Å²) in [7, 11) is 1.76. The van der Waals surface area contributed by atoms with Crippen molar-refractivity contribution in [3.8, 4) is 16.9 Å². The van der Waals surface area contributed by atoms with Crippen LogP contribution in [-0.2, 0) is 10.0 Å². The van der Waals surface area contributed by atoms with Crippen molar-refractivity contribution < 1.29 is 13.2 Å². The predicted molar refractivity (Wildman–Crippen MR) is 109 cm³/mol. The Hall–Kier alpha value is -1.54. The summed E-state index contributed by atoms with van der Waals surface area (Å²) in [6.07, 6.45) is 2.01. The van der Waals surface area contributed by atoms with E-state index >= 15 is 0 Å². The van der Waals surface area contributed by atoms with E-state index in [-0.39, 0.29) is 10.9 Å². The second-order valence-electron chi connectivity index (χ2n) is 6.35. The Labute approximate surface area is 160 Å². The minimum atomic E-state index is -3.61. The second kappa shape index (κ2) is 8.90. The number of benzene rings is 2. The van der Waals surface area contributed by atoms with Gasteiger partial charge in [0.2, 0.25) is 10.0 Å². The Morgan fingerprint density at radius 1 is 1.15 bits per heavy atom. The van der Waals surface area contributed by atoms with E-state index in [4.69, 9.17) is 4.74 Å². The molecule has 1 unspecified atom stereocenters. The fourth-order valence-electron chi connectivity index (χ4n) is 2.85. The maximum absolute atomic E-state index is 12.7. The summed E-state index contributed by atoms with van der Waals surface area (Å²) >= 11 is 1.64. The third-order valence-corrected chi connectivity index (χ3v) is 6.26. The van der Waals surface area contributed by atoms with Crippen LogP contribution in [0.25, 0.3) is 11.1 Å². The van der Waals surface area contributed by atoms with Crippen LogP contribution in [0.1, 0.15) is 6.92 Å². The molecule has 0 aliphatic carbocycles. The van der Waals surface area contributed by atoms with Crippen LogP contribution >= 0.6 is 11.8 Å². The summed E-state index contributed by atoms with van der Waals surface area (Å²) in [5, 5.41) is 0. The van der Waals surface area contributed by atoms with E-state index in [0.29, 0.717) is 12.3 Å². The van der Waals surface area contributed by atoms with Gasteiger partial charge >= 0.3 is 0 Å². The van der Waals surface area contributed by atoms with Crippen LogP contribution in [0, 0.1) is 0 Å². The average Bonchev–Trinajstić information content (AvgIpc) is 2.59. The lowest BCUT2D eigenvalue weighted by atomic mass is 10.0. The molecule has 26 heavy (non-hydrogen) atoms. The maximum Gasteiger partial charge on any atom is 0.240 e. The molecular formula is C19H26N2O3S2. The lowest BCUT2D eigenvalue weighted by molar-refractivity contribution is 0.370. The zero-order valence-electron chi connectivity index (χ0n) is 15.8. The minimum absolute atomic E-state index is 0.196. The van der Waals surface area contributed by atoms with E-state index in [1.54, 1.807) is 37.1 Å². The van der Waals surface area contributed by atoms with Crippen molar-refractivity contribution in [1.29, 1.82) is 0 Å². The second-order valence-corrected chi connectivity index (χ2v) is 8.91. The molecule has 1 atom stereocenters. The summed E-state index contributed by atoms with van der Waals surface area (Å²) in [6, 6.07) is 12.8. The Morgan fingerprint density at radius 2 is 1.85 bits per heavy atom. The van der Waals surface area contributed by atoms with E-state index in [0.717, 1.165) is 16.0 Å². The van der Waals surface area contributed by atoms with Crippen molar-refractivity contribution in [2.24, 2.45) is 0 Å². The van der Waals surface area contributed by atoms with Crippen molar-refractivity contribution in [2.45, 2.75) is 22.8 Å². The van der Waals surface area contributed by atoms with Gasteiger partial charge < -0.3 is 9.64 Å². The van der Waals surface area contributed by atoms with Crippen LogP contribution < -0.4 is 9.46 Å². The third-order valence-electron chi connectivity index (χ3n) is 3.88. The fourth-order valence-corrected chi connectivity index (χ4v) is 4.71. The first kappa shape index (κ1) is 20.8. The van der Waals surface area contributed by atoms with Crippen molar-refractivity contribution in [2.75, 3.05) is 34.0 Å². The zero-order chi connectivity index (χ0) is 19.3. The molecule has 2 aromatic carbocycles. The molecular weight excluding hydrogens is 368 g/mol. The van der Waals surface area contributed by atoms with Gasteiger partial charge in [0.25, 0.3) is 0 Å². The SMILES string of the molecule is COc1cc(S(=O)(=O)NC(C)CN(C)C)ccc1-c1ccccc1SC. The van der Waals surface area contributed by atoms with E-state index in [9.17, 15) is 8.42 Å². The maximum atomic E-state index is 12.7. The number of likely N-dealkylation sites (N-methyl/N-ethyl adjacent to an activating group) is 1. The van der Waals surface area contributed by atoms with Crippen LogP contribution in [-0.4, -0.2) is 53.4 Å². The molecule has 7 heteroatoms. The minimum Gasteiger partial charge on any atom is -0.496 e. The lowest BCUT2D eigenvalue weighted by Crippen LogP contribution is -2.39. The number of hydrogen-bond donors (Lipinski definition) is 1. The number of rotatable bonds is 8. The highest BCUT2D eigenvalue weighted by molar-refractivity contribution is 7.98. The molecule has 0 fully saturated rings. The highest BCUT2D eigenvalue weighted by Crippen LogP contribution is 2.37. The third kappa shape index (κ3) is 5.01. The standard InChI is InChI=1S/C19H26N2O3S2/c1-14(13-21(2)3)20-26(22,23)15-10-11-16(18(12-15)24-4)17-8-6-7-9-19(17)25-5/h6-12,14,20H,13H2,1-5H3. The summed E-state index contributed by atoms with van der Waals surface area (Å²) < 4.78 is 33.6. The summed E-state index contributed by atoms with van der Waals surface area (Å²) in [5.41, 5.74) is 1.90. The molecule has 142 valence electrons. The van der Waals surface area contributed by atoms with Crippen molar-refractivity contribution in [3.63, 3.8) is 0 Å². The van der Waals surface area contributed by atoms with Gasteiger partial charge in [0.15, 0.2) is 0 Å². The monoisotopic (exact) mass is 394 g/mol. The molecule has 0 aliphatic rings. The van der Waals surface area contributed by atoms with Crippen LogP contribution in [0.4, 0.5) is 0 Å². The molecule has 0 amide bonds. The predicted octanol–water partition coefficient (Wildman–Crippen LogP) is 3.31. The Kier molecular flexibility index (Phi) is 7.11. The molecule has 2 aromatic rings. The molecule has 5 nitrogen and oxygen atoms in total. The van der Waals surface area contributed by atoms with Gasteiger partial charge in [-0.2, -0.15) is 0 Å². The van der Waals surface area contributed by atoms with Crippen molar-refractivity contribution in [1.82, 2.24) is 9.62 Å². The number of methoxy groups -OCH3 is 1. The Bertz CT molecular complexity index is 852. The van der Waals surface area contributed by atoms with Gasteiger partial charge in [-0.25, -0.2) is 13.1 Å². The molecule has 1 N–H and O–H groups in total. The largest absolute Gasteiger partial charge is 0.496 e. The number of sulfonamides is 1. The molecule has 0 aromatic heterocycles. The molecule has 0 heterocycles. The summed E-state index contributed by atoms with van der Waals surface area (Å²) in [6.45, 7) is 2.47. The Morgan fingerprint density at radius 3 is 2.46 bits per heavy atom. The normalized spacial score (nSPS) is 13.0. The molecule has 0 bridgehead atoms. The summed E-state index contributed by atoms with van der Waals surface area (Å²) in [5.74, 6) is 0.537.